The van der Waals surface area contributed by atoms with Gasteiger partial charge in [0.15, 0.2) is 0 Å². The Balaban J connectivity index is 1.77. The average molecular weight is 248 g/mol. The van der Waals surface area contributed by atoms with Crippen molar-refractivity contribution in [2.45, 2.75) is 20.3 Å². The van der Waals surface area contributed by atoms with Gasteiger partial charge in [0.2, 0.25) is 0 Å². The van der Waals surface area contributed by atoms with E-state index < -0.39 is 0 Å². The van der Waals surface area contributed by atoms with Crippen LogP contribution in [0.25, 0.3) is 0 Å². The highest BCUT2D eigenvalue weighted by atomic mass is 16.5. The molecule has 3 nitrogen and oxygen atoms in total. The third-order valence-electron chi connectivity index (χ3n) is 3.30. The maximum Gasteiger partial charge on any atom is 0.119 e. The molecular formula is C15H24N2O. The van der Waals surface area contributed by atoms with Gasteiger partial charge in [0.25, 0.3) is 0 Å². The molecule has 0 saturated carbocycles. The zero-order valence-corrected chi connectivity index (χ0v) is 11.5. The molecule has 0 unspecified atom stereocenters. The first-order chi connectivity index (χ1) is 8.74. The first-order valence-corrected chi connectivity index (χ1v) is 6.88. The lowest BCUT2D eigenvalue weighted by Crippen LogP contribution is -2.31. The molecule has 100 valence electrons. The van der Waals surface area contributed by atoms with Gasteiger partial charge in [-0.25, -0.2) is 0 Å². The fourth-order valence-corrected chi connectivity index (χ4v) is 2.43. The number of ether oxygens (including phenoxy) is 1. The van der Waals surface area contributed by atoms with Gasteiger partial charge in [-0.1, -0.05) is 6.07 Å². The molecule has 0 bridgehead atoms. The van der Waals surface area contributed by atoms with E-state index in [0.717, 1.165) is 38.5 Å². The molecule has 0 spiro atoms. The third kappa shape index (κ3) is 4.31. The Bertz CT molecular complexity index is 351. The minimum Gasteiger partial charge on any atom is -0.492 e. The highest BCUT2D eigenvalue weighted by Gasteiger charge is 2.08. The molecule has 1 heterocycles. The molecule has 0 atom stereocenters. The Morgan fingerprint density at radius 1 is 1.11 bits per heavy atom. The molecule has 1 fully saturated rings. The van der Waals surface area contributed by atoms with Crippen molar-refractivity contribution in [3.8, 4) is 5.75 Å². The zero-order valence-electron chi connectivity index (χ0n) is 11.5. The molecule has 0 amide bonds. The summed E-state index contributed by atoms with van der Waals surface area (Å²) in [5.41, 5.74) is 2.54. The van der Waals surface area contributed by atoms with Crippen LogP contribution in [0, 0.1) is 13.8 Å². The quantitative estimate of drug-likeness (QED) is 0.882. The lowest BCUT2D eigenvalue weighted by molar-refractivity contribution is 0.217. The normalized spacial score (nSPS) is 17.4. The van der Waals surface area contributed by atoms with Crippen molar-refractivity contribution in [1.29, 1.82) is 0 Å². The number of nitrogens with one attached hydrogen (secondary N) is 1. The molecule has 2 rings (SSSR count). The molecule has 1 aliphatic rings. The topological polar surface area (TPSA) is 24.5 Å². The van der Waals surface area contributed by atoms with E-state index >= 15 is 0 Å². The molecule has 1 aliphatic heterocycles. The molecule has 0 aromatic heterocycles. The van der Waals surface area contributed by atoms with Gasteiger partial charge < -0.3 is 10.1 Å². The number of aryl methyl sites for hydroxylation is 2. The molecule has 1 aromatic carbocycles. The van der Waals surface area contributed by atoms with Gasteiger partial charge in [-0.3, -0.25) is 4.90 Å². The minimum atomic E-state index is 0.781. The van der Waals surface area contributed by atoms with E-state index in [9.17, 15) is 0 Å². The van der Waals surface area contributed by atoms with Crippen molar-refractivity contribution in [3.63, 3.8) is 0 Å². The van der Waals surface area contributed by atoms with Crippen molar-refractivity contribution in [3.05, 3.63) is 29.3 Å². The van der Waals surface area contributed by atoms with Crippen molar-refractivity contribution < 1.29 is 4.74 Å². The SMILES string of the molecule is Cc1cc(C)cc(OCCN2CCCNCC2)c1. The van der Waals surface area contributed by atoms with Gasteiger partial charge in [0.1, 0.15) is 12.4 Å². The predicted molar refractivity (Wildman–Crippen MR) is 75.3 cm³/mol. The maximum atomic E-state index is 5.85. The fourth-order valence-electron chi connectivity index (χ4n) is 2.43. The van der Waals surface area contributed by atoms with Gasteiger partial charge >= 0.3 is 0 Å². The predicted octanol–water partition coefficient (Wildman–Crippen LogP) is 1.98. The average Bonchev–Trinajstić information content (AvgIpc) is 2.56. The van der Waals surface area contributed by atoms with Gasteiger partial charge in [0.05, 0.1) is 0 Å². The number of benzene rings is 1. The van der Waals surface area contributed by atoms with E-state index in [-0.39, 0.29) is 0 Å². The standard InChI is InChI=1S/C15H24N2O/c1-13-10-14(2)12-15(11-13)18-9-8-17-6-3-4-16-5-7-17/h10-12,16H,3-9H2,1-2H3. The molecule has 1 saturated heterocycles. The molecule has 0 aliphatic carbocycles. The molecule has 3 heteroatoms. The van der Waals surface area contributed by atoms with E-state index in [1.165, 1.54) is 24.1 Å². The zero-order chi connectivity index (χ0) is 12.8. The molecule has 0 radical (unpaired) electrons. The van der Waals surface area contributed by atoms with Crippen LogP contribution in [-0.4, -0.2) is 44.2 Å². The summed E-state index contributed by atoms with van der Waals surface area (Å²) in [4.78, 5) is 2.47. The van der Waals surface area contributed by atoms with Crippen molar-refractivity contribution >= 4 is 0 Å². The van der Waals surface area contributed by atoms with Crippen molar-refractivity contribution in [2.24, 2.45) is 0 Å². The maximum absolute atomic E-state index is 5.85. The van der Waals surface area contributed by atoms with Crippen molar-refractivity contribution in [2.75, 3.05) is 39.3 Å². The monoisotopic (exact) mass is 248 g/mol. The first-order valence-electron chi connectivity index (χ1n) is 6.88. The smallest absolute Gasteiger partial charge is 0.119 e. The summed E-state index contributed by atoms with van der Waals surface area (Å²) in [7, 11) is 0. The molecular weight excluding hydrogens is 224 g/mol. The second-order valence-electron chi connectivity index (χ2n) is 5.12. The summed E-state index contributed by atoms with van der Waals surface area (Å²) in [5, 5.41) is 3.42. The summed E-state index contributed by atoms with van der Waals surface area (Å²) in [6, 6.07) is 6.39. The summed E-state index contributed by atoms with van der Waals surface area (Å²) in [5.74, 6) is 1.00. The van der Waals surface area contributed by atoms with Crippen LogP contribution in [0.3, 0.4) is 0 Å². The lowest BCUT2D eigenvalue weighted by atomic mass is 10.1. The van der Waals surface area contributed by atoms with Gasteiger partial charge in [0, 0.05) is 19.6 Å². The van der Waals surface area contributed by atoms with Crippen LogP contribution in [-0.2, 0) is 0 Å². The Labute approximate surface area is 110 Å². The van der Waals surface area contributed by atoms with E-state index in [4.69, 9.17) is 4.74 Å². The van der Waals surface area contributed by atoms with E-state index in [1.807, 2.05) is 0 Å². The van der Waals surface area contributed by atoms with Crippen molar-refractivity contribution in [1.82, 2.24) is 10.2 Å². The van der Waals surface area contributed by atoms with Crippen LogP contribution < -0.4 is 10.1 Å². The van der Waals surface area contributed by atoms with Gasteiger partial charge in [-0.15, -0.1) is 0 Å². The van der Waals surface area contributed by atoms with Crippen LogP contribution in [0.15, 0.2) is 18.2 Å². The number of nitrogens with zero attached hydrogens (tertiary/aromatic N) is 1. The number of hydrogen-bond donors (Lipinski definition) is 1. The van der Waals surface area contributed by atoms with E-state index in [0.29, 0.717) is 0 Å². The minimum absolute atomic E-state index is 0.781. The second kappa shape index (κ2) is 6.76. The molecule has 1 N–H and O–H groups in total. The third-order valence-corrected chi connectivity index (χ3v) is 3.30. The van der Waals surface area contributed by atoms with Crippen LogP contribution in [0.1, 0.15) is 17.5 Å². The number of hydrogen-bond acceptors (Lipinski definition) is 3. The second-order valence-corrected chi connectivity index (χ2v) is 5.12. The Morgan fingerprint density at radius 2 is 1.89 bits per heavy atom. The van der Waals surface area contributed by atoms with E-state index in [1.54, 1.807) is 0 Å². The Morgan fingerprint density at radius 3 is 2.67 bits per heavy atom. The van der Waals surface area contributed by atoms with Crippen LogP contribution in [0.2, 0.25) is 0 Å². The van der Waals surface area contributed by atoms with Gasteiger partial charge in [-0.2, -0.15) is 0 Å². The number of rotatable bonds is 4. The largest absolute Gasteiger partial charge is 0.492 e. The van der Waals surface area contributed by atoms with Crippen LogP contribution in [0.5, 0.6) is 5.75 Å². The summed E-state index contributed by atoms with van der Waals surface area (Å²) >= 11 is 0. The van der Waals surface area contributed by atoms with Gasteiger partial charge in [-0.05, 0) is 56.6 Å². The first kappa shape index (κ1) is 13.4. The summed E-state index contributed by atoms with van der Waals surface area (Å²) < 4.78 is 5.85. The Kier molecular flexibility index (Phi) is 5.02. The highest BCUT2D eigenvalue weighted by Crippen LogP contribution is 2.16. The lowest BCUT2D eigenvalue weighted by Gasteiger charge is -2.19. The Hall–Kier alpha value is -1.06. The van der Waals surface area contributed by atoms with E-state index in [2.05, 4.69) is 42.3 Å². The summed E-state index contributed by atoms with van der Waals surface area (Å²) in [6.45, 7) is 10.6. The van der Waals surface area contributed by atoms with Crippen LogP contribution in [0.4, 0.5) is 0 Å². The summed E-state index contributed by atoms with van der Waals surface area (Å²) in [6.07, 6.45) is 1.24. The van der Waals surface area contributed by atoms with Crippen LogP contribution >= 0.6 is 0 Å². The highest BCUT2D eigenvalue weighted by molar-refractivity contribution is 5.32. The molecule has 1 aromatic rings. The molecule has 18 heavy (non-hydrogen) atoms. The fraction of sp³-hybridized carbons (Fsp3) is 0.600.